The first-order chi connectivity index (χ1) is 17.3. The third-order valence-electron chi connectivity index (χ3n) is 4.25. The first kappa shape index (κ1) is 27.7. The van der Waals surface area contributed by atoms with E-state index < -0.39 is 11.8 Å². The van der Waals surface area contributed by atoms with Crippen molar-refractivity contribution >= 4 is 79.3 Å². The number of hydrogen-bond acceptors (Lipinski definition) is 6. The van der Waals surface area contributed by atoms with Crippen molar-refractivity contribution < 1.29 is 19.1 Å². The number of benzene rings is 3. The van der Waals surface area contributed by atoms with Gasteiger partial charge in [-0.1, -0.05) is 47.5 Å². The molecule has 0 saturated carbocycles. The highest BCUT2D eigenvalue weighted by atomic mass is 79.9. The zero-order chi connectivity index (χ0) is 25.9. The average molecular weight is 657 g/mol. The number of hydrogen-bond donors (Lipinski definition) is 2. The summed E-state index contributed by atoms with van der Waals surface area (Å²) in [5.41, 5.74) is 6.28. The van der Waals surface area contributed by atoms with E-state index in [1.54, 1.807) is 60.7 Å². The van der Waals surface area contributed by atoms with Gasteiger partial charge in [0.25, 0.3) is 11.8 Å². The van der Waals surface area contributed by atoms with E-state index in [9.17, 15) is 9.59 Å². The molecule has 0 fully saturated rings. The summed E-state index contributed by atoms with van der Waals surface area (Å²) >= 11 is 18.4. The zero-order valence-electron chi connectivity index (χ0n) is 18.4. The highest BCUT2D eigenvalue weighted by Gasteiger charge is 2.06. The Morgan fingerprint density at radius 3 is 1.47 bits per heavy atom. The summed E-state index contributed by atoms with van der Waals surface area (Å²) in [5, 5.41) is 8.93. The van der Waals surface area contributed by atoms with Crippen molar-refractivity contribution in [1.82, 2.24) is 10.9 Å². The average Bonchev–Trinajstić information content (AvgIpc) is 2.84. The summed E-state index contributed by atoms with van der Waals surface area (Å²) in [6.07, 6.45) is 2.98. The van der Waals surface area contributed by atoms with E-state index in [4.69, 9.17) is 32.7 Å². The fraction of sp³-hybridized carbons (Fsp3) is 0.0833. The van der Waals surface area contributed by atoms with E-state index in [0.717, 1.165) is 11.1 Å². The van der Waals surface area contributed by atoms with Crippen molar-refractivity contribution in [3.8, 4) is 11.5 Å². The lowest BCUT2D eigenvalue weighted by atomic mass is 10.2. The molecule has 12 heteroatoms. The second-order valence-electron chi connectivity index (χ2n) is 6.98. The second kappa shape index (κ2) is 14.0. The number of rotatable bonds is 10. The first-order valence-corrected chi connectivity index (χ1v) is 12.5. The van der Waals surface area contributed by atoms with Crippen LogP contribution in [0.25, 0.3) is 0 Å². The smallest absolute Gasteiger partial charge is 0.277 e. The van der Waals surface area contributed by atoms with Crippen molar-refractivity contribution in [3.63, 3.8) is 0 Å². The van der Waals surface area contributed by atoms with Gasteiger partial charge in [-0.25, -0.2) is 10.9 Å². The lowest BCUT2D eigenvalue weighted by Crippen LogP contribution is -2.24. The Morgan fingerprint density at radius 2 is 1.11 bits per heavy atom. The normalized spacial score (nSPS) is 11.0. The molecule has 0 bridgehead atoms. The van der Waals surface area contributed by atoms with E-state index in [-0.39, 0.29) is 13.2 Å². The molecule has 0 aliphatic rings. The van der Waals surface area contributed by atoms with E-state index >= 15 is 0 Å². The predicted octanol–water partition coefficient (Wildman–Crippen LogP) is 5.58. The van der Waals surface area contributed by atoms with Gasteiger partial charge in [-0.2, -0.15) is 10.2 Å². The van der Waals surface area contributed by atoms with Crippen LogP contribution < -0.4 is 20.3 Å². The zero-order valence-corrected chi connectivity index (χ0v) is 23.1. The van der Waals surface area contributed by atoms with Crippen LogP contribution in [0.3, 0.4) is 0 Å². The Labute approximate surface area is 233 Å². The van der Waals surface area contributed by atoms with Gasteiger partial charge in [0, 0.05) is 10.0 Å². The van der Waals surface area contributed by atoms with Crippen LogP contribution >= 0.6 is 55.1 Å². The molecule has 0 aliphatic heterocycles. The summed E-state index contributed by atoms with van der Waals surface area (Å²) in [5.74, 6) is 0.156. The standard InChI is InChI=1S/C24H18Br2Cl2N4O4/c25-19-9-17(27)5-7-21(19)35-13-23(33)31-29-11-15-1-2-16(4-3-15)12-30-32-24(34)14-36-22-8-6-18(28)10-20(22)26/h1-12H,13-14H2,(H,31,33)(H,32,34)/b29-11+,30-12+. The molecule has 0 spiro atoms. The molecule has 0 aromatic heterocycles. The number of nitrogens with zero attached hydrogens (tertiary/aromatic N) is 2. The summed E-state index contributed by atoms with van der Waals surface area (Å²) in [6.45, 7) is -0.415. The SMILES string of the molecule is O=C(COc1ccc(Cl)cc1Br)N/N=C/c1ccc(/C=N/NC(=O)COc2ccc(Cl)cc2Br)cc1. The Morgan fingerprint density at radius 1 is 0.722 bits per heavy atom. The van der Waals surface area contributed by atoms with Crippen LogP contribution in [0.2, 0.25) is 10.0 Å². The van der Waals surface area contributed by atoms with Gasteiger partial charge >= 0.3 is 0 Å². The molecular formula is C24H18Br2Cl2N4O4. The molecule has 8 nitrogen and oxygen atoms in total. The van der Waals surface area contributed by atoms with E-state index in [1.165, 1.54) is 12.4 Å². The highest BCUT2D eigenvalue weighted by Crippen LogP contribution is 2.28. The van der Waals surface area contributed by atoms with Crippen LogP contribution in [0.15, 0.2) is 79.8 Å². The van der Waals surface area contributed by atoms with E-state index in [1.807, 2.05) is 0 Å². The first-order valence-electron chi connectivity index (χ1n) is 10.2. The van der Waals surface area contributed by atoms with Gasteiger partial charge in [0.15, 0.2) is 13.2 Å². The van der Waals surface area contributed by atoms with Crippen molar-refractivity contribution in [1.29, 1.82) is 0 Å². The third-order valence-corrected chi connectivity index (χ3v) is 5.96. The summed E-state index contributed by atoms with van der Waals surface area (Å²) in [6, 6.07) is 17.1. The van der Waals surface area contributed by atoms with Gasteiger partial charge in [-0.3, -0.25) is 9.59 Å². The maximum Gasteiger partial charge on any atom is 0.277 e. The molecule has 0 atom stereocenters. The van der Waals surface area contributed by atoms with Crippen LogP contribution in [-0.4, -0.2) is 37.5 Å². The minimum absolute atomic E-state index is 0.208. The van der Waals surface area contributed by atoms with Gasteiger partial charge in [-0.05, 0) is 79.4 Å². The van der Waals surface area contributed by atoms with Gasteiger partial charge in [0.2, 0.25) is 0 Å². The molecule has 0 radical (unpaired) electrons. The Hall–Kier alpha value is -2.92. The molecule has 0 unspecified atom stereocenters. The molecule has 36 heavy (non-hydrogen) atoms. The molecule has 3 aromatic carbocycles. The predicted molar refractivity (Wildman–Crippen MR) is 147 cm³/mol. The van der Waals surface area contributed by atoms with Gasteiger partial charge in [0.05, 0.1) is 21.4 Å². The number of ether oxygens (including phenoxy) is 2. The fourth-order valence-electron chi connectivity index (χ4n) is 2.56. The second-order valence-corrected chi connectivity index (χ2v) is 9.56. The molecular weight excluding hydrogens is 639 g/mol. The number of halogens is 4. The van der Waals surface area contributed by atoms with Gasteiger partial charge < -0.3 is 9.47 Å². The number of nitrogens with one attached hydrogen (secondary N) is 2. The summed E-state index contributed by atoms with van der Waals surface area (Å²) in [7, 11) is 0. The number of amides is 2. The third kappa shape index (κ3) is 9.27. The van der Waals surface area contributed by atoms with Crippen LogP contribution in [-0.2, 0) is 9.59 Å². The molecule has 186 valence electrons. The minimum Gasteiger partial charge on any atom is -0.483 e. The molecule has 2 amide bonds. The van der Waals surface area contributed by atoms with Crippen molar-refractivity contribution in [2.75, 3.05) is 13.2 Å². The topological polar surface area (TPSA) is 101 Å². The maximum absolute atomic E-state index is 11.9. The maximum atomic E-state index is 11.9. The monoisotopic (exact) mass is 654 g/mol. The number of carbonyl (C=O) groups excluding carboxylic acids is 2. The minimum atomic E-state index is -0.417. The van der Waals surface area contributed by atoms with Crippen molar-refractivity contribution in [2.45, 2.75) is 0 Å². The molecule has 0 aliphatic carbocycles. The fourth-order valence-corrected chi connectivity index (χ4v) is 4.16. The number of hydrazone groups is 2. The van der Waals surface area contributed by atoms with E-state index in [2.05, 4.69) is 52.9 Å². The van der Waals surface area contributed by atoms with Crippen LogP contribution in [0.4, 0.5) is 0 Å². The van der Waals surface area contributed by atoms with Crippen LogP contribution in [0, 0.1) is 0 Å². The molecule has 0 heterocycles. The van der Waals surface area contributed by atoms with Crippen molar-refractivity contribution in [3.05, 3.63) is 90.8 Å². The lowest BCUT2D eigenvalue weighted by molar-refractivity contribution is -0.123. The van der Waals surface area contributed by atoms with Crippen LogP contribution in [0.5, 0.6) is 11.5 Å². The molecule has 3 aromatic rings. The molecule has 2 N–H and O–H groups in total. The molecule has 0 saturated heterocycles. The molecule has 3 rings (SSSR count). The Balaban J connectivity index is 1.39. The van der Waals surface area contributed by atoms with Crippen molar-refractivity contribution in [2.24, 2.45) is 10.2 Å². The quantitative estimate of drug-likeness (QED) is 0.220. The summed E-state index contributed by atoms with van der Waals surface area (Å²) in [4.78, 5) is 23.8. The highest BCUT2D eigenvalue weighted by molar-refractivity contribution is 9.10. The largest absolute Gasteiger partial charge is 0.483 e. The number of carbonyl (C=O) groups is 2. The van der Waals surface area contributed by atoms with Gasteiger partial charge in [-0.15, -0.1) is 0 Å². The Kier molecular flexibility index (Phi) is 10.7. The summed E-state index contributed by atoms with van der Waals surface area (Å²) < 4.78 is 12.1. The lowest BCUT2D eigenvalue weighted by Gasteiger charge is -2.07. The van der Waals surface area contributed by atoms with E-state index in [0.29, 0.717) is 30.5 Å². The Bertz CT molecular complexity index is 1190. The van der Waals surface area contributed by atoms with Gasteiger partial charge in [0.1, 0.15) is 11.5 Å². The van der Waals surface area contributed by atoms with Crippen LogP contribution in [0.1, 0.15) is 11.1 Å².